The first kappa shape index (κ1) is 11.4. The number of fused-ring (bicyclic) bond motifs is 4. The molecule has 1 aromatic rings. The van der Waals surface area contributed by atoms with Crippen molar-refractivity contribution < 1.29 is 10.2 Å². The van der Waals surface area contributed by atoms with Crippen molar-refractivity contribution in [2.24, 2.45) is 23.7 Å². The van der Waals surface area contributed by atoms with Gasteiger partial charge in [-0.2, -0.15) is 0 Å². The molecule has 19 heavy (non-hydrogen) atoms. The van der Waals surface area contributed by atoms with Crippen LogP contribution in [0.4, 0.5) is 0 Å². The highest BCUT2D eigenvalue weighted by atomic mass is 16.3. The molecule has 0 heterocycles. The van der Waals surface area contributed by atoms with Crippen LogP contribution in [0.15, 0.2) is 12.1 Å². The van der Waals surface area contributed by atoms with Gasteiger partial charge in [0.15, 0.2) is 0 Å². The summed E-state index contributed by atoms with van der Waals surface area (Å²) in [5, 5.41) is 23.2. The third-order valence-electron chi connectivity index (χ3n) is 5.66. The minimum Gasteiger partial charge on any atom is -0.511 e. The van der Waals surface area contributed by atoms with Gasteiger partial charge in [-0.05, 0) is 56.1 Å². The van der Waals surface area contributed by atoms with Crippen LogP contribution in [-0.2, 0) is 0 Å². The number of aliphatic hydroxyl groups excluding tert-OH is 2. The van der Waals surface area contributed by atoms with Crippen LogP contribution in [-0.4, -0.2) is 10.2 Å². The Hall–Kier alpha value is -1.44. The van der Waals surface area contributed by atoms with E-state index in [2.05, 4.69) is 6.92 Å². The second-order valence-corrected chi connectivity index (χ2v) is 6.57. The predicted octanol–water partition coefficient (Wildman–Crippen LogP) is 2.31. The maximum absolute atomic E-state index is 10.8. The van der Waals surface area contributed by atoms with Crippen molar-refractivity contribution in [1.82, 2.24) is 0 Å². The van der Waals surface area contributed by atoms with Gasteiger partial charge in [0.2, 0.25) is 0 Å². The van der Waals surface area contributed by atoms with E-state index in [1.807, 2.05) is 19.1 Å². The van der Waals surface area contributed by atoms with E-state index in [1.165, 1.54) is 18.4 Å². The molecule has 2 fully saturated rings. The van der Waals surface area contributed by atoms with Crippen LogP contribution < -0.4 is 10.4 Å². The van der Waals surface area contributed by atoms with E-state index in [1.54, 1.807) is 0 Å². The van der Waals surface area contributed by atoms with Crippen molar-refractivity contribution in [3.63, 3.8) is 0 Å². The van der Waals surface area contributed by atoms with Crippen LogP contribution >= 0.6 is 0 Å². The third kappa shape index (κ3) is 1.37. The Labute approximate surface area is 113 Å². The number of benzene rings is 1. The molecule has 0 spiro atoms. The molecule has 100 valence electrons. The van der Waals surface area contributed by atoms with Gasteiger partial charge in [0, 0.05) is 22.3 Å². The van der Waals surface area contributed by atoms with Crippen molar-refractivity contribution >= 4 is 11.5 Å². The third-order valence-corrected chi connectivity index (χ3v) is 5.66. The largest absolute Gasteiger partial charge is 0.511 e. The van der Waals surface area contributed by atoms with E-state index < -0.39 is 0 Å². The molecule has 0 bridgehead atoms. The summed E-state index contributed by atoms with van der Waals surface area (Å²) in [6.07, 6.45) is 3.47. The molecule has 0 amide bonds. The van der Waals surface area contributed by atoms with E-state index in [0.29, 0.717) is 17.4 Å². The molecule has 4 atom stereocenters. The van der Waals surface area contributed by atoms with Gasteiger partial charge >= 0.3 is 0 Å². The minimum atomic E-state index is 0.151. The molecule has 3 aliphatic rings. The molecule has 3 aliphatic carbocycles. The van der Waals surface area contributed by atoms with Gasteiger partial charge in [-0.25, -0.2) is 0 Å². The Morgan fingerprint density at radius 2 is 1.84 bits per heavy atom. The smallest absolute Gasteiger partial charge is 0.105 e. The summed E-state index contributed by atoms with van der Waals surface area (Å²) in [6, 6.07) is 4.01. The lowest BCUT2D eigenvalue weighted by atomic mass is 9.73. The molecule has 0 aromatic heterocycles. The van der Waals surface area contributed by atoms with Gasteiger partial charge in [-0.1, -0.05) is 12.1 Å². The van der Waals surface area contributed by atoms with Gasteiger partial charge in [0.1, 0.15) is 11.5 Å². The lowest BCUT2D eigenvalue weighted by Gasteiger charge is -2.33. The Bertz CT molecular complexity index is 686. The monoisotopic (exact) mass is 256 g/mol. The zero-order valence-corrected chi connectivity index (χ0v) is 11.5. The standard InChI is InChI=1S/C17H20O2/c1-8-3-5-11-14(9(8)2)17(19)15-12(16(11)18)6-4-10-7-13(10)15/h3,5,10,12-13,15,18-19H,4,6-7H2,1-2H3/t10?,12?,13-,15?/m0/s1. The molecule has 0 radical (unpaired) electrons. The van der Waals surface area contributed by atoms with E-state index in [9.17, 15) is 10.2 Å². The minimum absolute atomic E-state index is 0.151. The number of aryl methyl sites for hydroxylation is 1. The first-order valence-electron chi connectivity index (χ1n) is 7.32. The molecule has 2 saturated carbocycles. The fraction of sp³-hybridized carbons (Fsp3) is 0.529. The number of rotatable bonds is 0. The van der Waals surface area contributed by atoms with Crippen molar-refractivity contribution in [2.45, 2.75) is 33.1 Å². The van der Waals surface area contributed by atoms with Gasteiger partial charge in [-0.15, -0.1) is 0 Å². The van der Waals surface area contributed by atoms with Crippen molar-refractivity contribution in [3.05, 3.63) is 33.7 Å². The highest BCUT2D eigenvalue weighted by Gasteiger charge is 2.53. The Morgan fingerprint density at radius 1 is 1.05 bits per heavy atom. The fourth-order valence-corrected chi connectivity index (χ4v) is 4.34. The van der Waals surface area contributed by atoms with Crippen LogP contribution in [0.2, 0.25) is 0 Å². The van der Waals surface area contributed by atoms with Gasteiger partial charge in [-0.3, -0.25) is 0 Å². The zero-order chi connectivity index (χ0) is 13.3. The summed E-state index contributed by atoms with van der Waals surface area (Å²) in [6.45, 7) is 4.11. The SMILES string of the molecule is Cc1ccc2c(c1C)=C(O)C1C(CCC3C[C@@H]31)C=2O. The lowest BCUT2D eigenvalue weighted by Crippen LogP contribution is -2.43. The summed E-state index contributed by atoms with van der Waals surface area (Å²) in [7, 11) is 0. The second-order valence-electron chi connectivity index (χ2n) is 6.57. The van der Waals surface area contributed by atoms with Gasteiger partial charge < -0.3 is 10.2 Å². The Balaban J connectivity index is 2.07. The highest BCUT2D eigenvalue weighted by Crippen LogP contribution is 2.58. The second kappa shape index (κ2) is 3.56. The molecule has 4 rings (SSSR count). The lowest BCUT2D eigenvalue weighted by molar-refractivity contribution is 0.240. The molecule has 2 N–H and O–H groups in total. The normalized spacial score (nSPS) is 35.5. The van der Waals surface area contributed by atoms with Crippen LogP contribution in [0.1, 0.15) is 30.4 Å². The van der Waals surface area contributed by atoms with E-state index in [0.717, 1.165) is 28.3 Å². The highest BCUT2D eigenvalue weighted by molar-refractivity contribution is 5.57. The summed E-state index contributed by atoms with van der Waals surface area (Å²) < 4.78 is 0. The fourth-order valence-electron chi connectivity index (χ4n) is 4.34. The van der Waals surface area contributed by atoms with Gasteiger partial charge in [0.25, 0.3) is 0 Å². The first-order valence-corrected chi connectivity index (χ1v) is 7.32. The van der Waals surface area contributed by atoms with Gasteiger partial charge in [0.05, 0.1) is 0 Å². The molecular formula is C17H20O2. The average molecular weight is 256 g/mol. The molecule has 2 heteroatoms. The van der Waals surface area contributed by atoms with E-state index in [4.69, 9.17) is 0 Å². The maximum atomic E-state index is 10.8. The predicted molar refractivity (Wildman–Crippen MR) is 75.1 cm³/mol. The van der Waals surface area contributed by atoms with E-state index in [-0.39, 0.29) is 11.8 Å². The molecule has 0 aliphatic heterocycles. The Kier molecular flexibility index (Phi) is 2.13. The molecule has 3 unspecified atom stereocenters. The zero-order valence-electron chi connectivity index (χ0n) is 11.5. The number of hydrogen-bond donors (Lipinski definition) is 2. The Morgan fingerprint density at radius 3 is 2.63 bits per heavy atom. The molecule has 1 aromatic carbocycles. The summed E-state index contributed by atoms with van der Waals surface area (Å²) in [4.78, 5) is 0. The van der Waals surface area contributed by atoms with Crippen molar-refractivity contribution in [3.8, 4) is 0 Å². The molecular weight excluding hydrogens is 236 g/mol. The molecule has 0 saturated heterocycles. The van der Waals surface area contributed by atoms with Crippen LogP contribution in [0, 0.1) is 37.5 Å². The topological polar surface area (TPSA) is 40.5 Å². The maximum Gasteiger partial charge on any atom is 0.105 e. The average Bonchev–Trinajstić information content (AvgIpc) is 3.17. The quantitative estimate of drug-likeness (QED) is 0.748. The number of aliphatic hydroxyl groups is 2. The molecule has 2 nitrogen and oxygen atoms in total. The van der Waals surface area contributed by atoms with E-state index >= 15 is 0 Å². The summed E-state index contributed by atoms with van der Waals surface area (Å²) in [5.41, 5.74) is 2.29. The van der Waals surface area contributed by atoms with Crippen LogP contribution in [0.3, 0.4) is 0 Å². The van der Waals surface area contributed by atoms with Crippen LogP contribution in [0.5, 0.6) is 0 Å². The summed E-state index contributed by atoms with van der Waals surface area (Å²) >= 11 is 0. The summed E-state index contributed by atoms with van der Waals surface area (Å²) in [5.74, 6) is 2.79. The van der Waals surface area contributed by atoms with Crippen molar-refractivity contribution in [1.29, 1.82) is 0 Å². The number of hydrogen-bond acceptors (Lipinski definition) is 2. The van der Waals surface area contributed by atoms with Crippen LogP contribution in [0.25, 0.3) is 11.5 Å². The van der Waals surface area contributed by atoms with Crippen molar-refractivity contribution in [2.75, 3.05) is 0 Å². The first-order chi connectivity index (χ1) is 9.09.